The van der Waals surface area contributed by atoms with Gasteiger partial charge in [-0.15, -0.1) is 5.10 Å². The molecule has 7 nitrogen and oxygen atoms in total. The summed E-state index contributed by atoms with van der Waals surface area (Å²) in [6.45, 7) is 0.641. The Morgan fingerprint density at radius 2 is 2.03 bits per heavy atom. The smallest absolute Gasteiger partial charge is 0.283 e. The summed E-state index contributed by atoms with van der Waals surface area (Å²) >= 11 is 1.29. The minimum Gasteiger partial charge on any atom is -0.352 e. The SMILES string of the molecule is O=C(NCCC1=CCCCC1)c1cccc(Nc2nn3c(=O)c4ccccc4nc3s2)c1. The lowest BCUT2D eigenvalue weighted by atomic mass is 9.97. The van der Waals surface area contributed by atoms with Gasteiger partial charge in [-0.2, -0.15) is 4.52 Å². The minimum absolute atomic E-state index is 0.0986. The van der Waals surface area contributed by atoms with Crippen molar-refractivity contribution in [3.05, 3.63) is 76.1 Å². The largest absolute Gasteiger partial charge is 0.352 e. The zero-order valence-electron chi connectivity index (χ0n) is 17.5. The Morgan fingerprint density at radius 3 is 2.91 bits per heavy atom. The number of carbonyl (C=O) groups is 1. The average molecular weight is 446 g/mol. The van der Waals surface area contributed by atoms with Gasteiger partial charge in [-0.3, -0.25) is 9.59 Å². The lowest BCUT2D eigenvalue weighted by Gasteiger charge is -2.13. The molecule has 0 saturated carbocycles. The van der Waals surface area contributed by atoms with Crippen LogP contribution in [0.5, 0.6) is 0 Å². The minimum atomic E-state index is -0.198. The molecule has 0 bridgehead atoms. The summed E-state index contributed by atoms with van der Waals surface area (Å²) in [6.07, 6.45) is 8.03. The standard InChI is InChI=1S/C24H23N5O2S/c30-21(25-14-13-16-7-2-1-3-8-16)17-9-6-10-18(15-17)26-23-28-29-22(31)19-11-4-5-12-20(19)27-24(29)32-23/h4-7,9-12,15H,1-3,8,13-14H2,(H,25,30)(H,26,28). The molecule has 0 radical (unpaired) electrons. The Bertz CT molecular complexity index is 1390. The molecule has 0 aliphatic heterocycles. The average Bonchev–Trinajstić information content (AvgIpc) is 3.22. The van der Waals surface area contributed by atoms with Crippen molar-refractivity contribution in [2.24, 2.45) is 0 Å². The third-order valence-electron chi connectivity index (χ3n) is 5.60. The van der Waals surface area contributed by atoms with Crippen molar-refractivity contribution in [1.29, 1.82) is 0 Å². The van der Waals surface area contributed by atoms with E-state index in [0.29, 0.717) is 33.1 Å². The van der Waals surface area contributed by atoms with Crippen molar-refractivity contribution in [3.63, 3.8) is 0 Å². The van der Waals surface area contributed by atoms with Gasteiger partial charge >= 0.3 is 0 Å². The van der Waals surface area contributed by atoms with Crippen LogP contribution >= 0.6 is 11.3 Å². The monoisotopic (exact) mass is 445 g/mol. The molecule has 2 N–H and O–H groups in total. The highest BCUT2D eigenvalue weighted by atomic mass is 32.1. The molecule has 5 rings (SSSR count). The maximum Gasteiger partial charge on any atom is 0.283 e. The Morgan fingerprint density at radius 1 is 1.12 bits per heavy atom. The topological polar surface area (TPSA) is 88.4 Å². The number of allylic oxidation sites excluding steroid dienone is 1. The molecule has 1 aliphatic rings. The van der Waals surface area contributed by atoms with Crippen LogP contribution in [0, 0.1) is 0 Å². The number of amides is 1. The van der Waals surface area contributed by atoms with Crippen molar-refractivity contribution in [2.75, 3.05) is 11.9 Å². The first kappa shape index (κ1) is 20.4. The van der Waals surface area contributed by atoms with Crippen LogP contribution in [0.15, 0.2) is 65.0 Å². The number of hydrogen-bond donors (Lipinski definition) is 2. The van der Waals surface area contributed by atoms with Crippen LogP contribution in [0.4, 0.5) is 10.8 Å². The summed E-state index contributed by atoms with van der Waals surface area (Å²) in [4.78, 5) is 30.3. The maximum atomic E-state index is 12.7. The fourth-order valence-corrected chi connectivity index (χ4v) is 4.76. The van der Waals surface area contributed by atoms with E-state index in [2.05, 4.69) is 26.8 Å². The number of hydrogen-bond acceptors (Lipinski definition) is 6. The van der Waals surface area contributed by atoms with Crippen LogP contribution in [0.3, 0.4) is 0 Å². The third kappa shape index (κ3) is 4.27. The van der Waals surface area contributed by atoms with E-state index in [-0.39, 0.29) is 11.5 Å². The number of carbonyl (C=O) groups excluding carboxylic acids is 1. The van der Waals surface area contributed by atoms with Crippen LogP contribution in [0.25, 0.3) is 15.9 Å². The quantitative estimate of drug-likeness (QED) is 0.421. The fraction of sp³-hybridized carbons (Fsp3) is 0.250. The second-order valence-corrected chi connectivity index (χ2v) is 8.81. The van der Waals surface area contributed by atoms with Crippen LogP contribution < -0.4 is 16.2 Å². The number of anilines is 2. The third-order valence-corrected chi connectivity index (χ3v) is 6.42. The molecule has 32 heavy (non-hydrogen) atoms. The van der Waals surface area contributed by atoms with E-state index in [9.17, 15) is 9.59 Å². The molecule has 1 aliphatic carbocycles. The van der Waals surface area contributed by atoms with Gasteiger partial charge in [0.05, 0.1) is 10.9 Å². The summed E-state index contributed by atoms with van der Waals surface area (Å²) < 4.78 is 1.31. The van der Waals surface area contributed by atoms with Gasteiger partial charge in [-0.05, 0) is 62.4 Å². The zero-order valence-corrected chi connectivity index (χ0v) is 18.3. The van der Waals surface area contributed by atoms with Crippen LogP contribution in [0.2, 0.25) is 0 Å². The summed E-state index contributed by atoms with van der Waals surface area (Å²) in [5.41, 5.74) is 3.20. The predicted octanol–water partition coefficient (Wildman–Crippen LogP) is 4.67. The molecule has 2 aromatic carbocycles. The number of benzene rings is 2. The highest BCUT2D eigenvalue weighted by Crippen LogP contribution is 2.23. The van der Waals surface area contributed by atoms with Gasteiger partial charge in [-0.25, -0.2) is 4.98 Å². The Labute approximate surface area is 188 Å². The van der Waals surface area contributed by atoms with Gasteiger partial charge < -0.3 is 10.6 Å². The van der Waals surface area contributed by atoms with E-state index in [0.717, 1.165) is 24.9 Å². The van der Waals surface area contributed by atoms with E-state index in [1.165, 1.54) is 34.3 Å². The number of rotatable bonds is 6. The number of nitrogens with zero attached hydrogens (tertiary/aromatic N) is 3. The van der Waals surface area contributed by atoms with E-state index >= 15 is 0 Å². The highest BCUT2D eigenvalue weighted by Gasteiger charge is 2.12. The van der Waals surface area contributed by atoms with Crippen molar-refractivity contribution in [2.45, 2.75) is 32.1 Å². The first-order chi connectivity index (χ1) is 15.7. The van der Waals surface area contributed by atoms with Gasteiger partial charge in [-0.1, -0.05) is 41.2 Å². The first-order valence-electron chi connectivity index (χ1n) is 10.8. The van der Waals surface area contributed by atoms with Gasteiger partial charge in [0.25, 0.3) is 11.5 Å². The number of aromatic nitrogens is 3. The summed E-state index contributed by atoms with van der Waals surface area (Å²) in [5, 5.41) is 11.6. The van der Waals surface area contributed by atoms with Crippen molar-refractivity contribution < 1.29 is 4.79 Å². The molecule has 0 saturated heterocycles. The second-order valence-electron chi connectivity index (χ2n) is 7.86. The summed E-state index contributed by atoms with van der Waals surface area (Å²) in [6, 6.07) is 14.5. The van der Waals surface area contributed by atoms with E-state index in [1.54, 1.807) is 18.2 Å². The normalized spacial score (nSPS) is 13.8. The lowest BCUT2D eigenvalue weighted by Crippen LogP contribution is -2.24. The van der Waals surface area contributed by atoms with Crippen LogP contribution in [0.1, 0.15) is 42.5 Å². The van der Waals surface area contributed by atoms with Crippen molar-refractivity contribution >= 4 is 43.9 Å². The first-order valence-corrected chi connectivity index (χ1v) is 11.6. The number of para-hydroxylation sites is 1. The molecule has 0 fully saturated rings. The molecule has 8 heteroatoms. The summed E-state index contributed by atoms with van der Waals surface area (Å²) in [7, 11) is 0. The van der Waals surface area contributed by atoms with Gasteiger partial charge in [0.2, 0.25) is 10.1 Å². The molecule has 162 valence electrons. The Hall–Kier alpha value is -3.52. The van der Waals surface area contributed by atoms with E-state index in [4.69, 9.17) is 0 Å². The molecule has 0 atom stereocenters. The maximum absolute atomic E-state index is 12.7. The molecule has 1 amide bonds. The number of nitrogens with one attached hydrogen (secondary N) is 2. The van der Waals surface area contributed by atoms with Crippen LogP contribution in [-0.4, -0.2) is 27.0 Å². The van der Waals surface area contributed by atoms with Gasteiger partial charge in [0.1, 0.15) is 0 Å². The number of fused-ring (bicyclic) bond motifs is 2. The molecule has 2 heterocycles. The molecular weight excluding hydrogens is 422 g/mol. The molecule has 0 unspecified atom stereocenters. The van der Waals surface area contributed by atoms with Crippen LogP contribution in [-0.2, 0) is 0 Å². The highest BCUT2D eigenvalue weighted by molar-refractivity contribution is 7.20. The molecule has 4 aromatic rings. The fourth-order valence-electron chi connectivity index (χ4n) is 3.94. The van der Waals surface area contributed by atoms with Gasteiger partial charge in [0.15, 0.2) is 0 Å². The van der Waals surface area contributed by atoms with E-state index in [1.807, 2.05) is 30.3 Å². The lowest BCUT2D eigenvalue weighted by molar-refractivity contribution is 0.0954. The molecule has 2 aromatic heterocycles. The Balaban J connectivity index is 1.30. The summed E-state index contributed by atoms with van der Waals surface area (Å²) in [5.74, 6) is -0.0986. The van der Waals surface area contributed by atoms with Crippen molar-refractivity contribution in [1.82, 2.24) is 19.9 Å². The van der Waals surface area contributed by atoms with Gasteiger partial charge in [0, 0.05) is 17.8 Å². The molecular formula is C24H23N5O2S. The molecule has 0 spiro atoms. The van der Waals surface area contributed by atoms with Crippen molar-refractivity contribution in [3.8, 4) is 0 Å². The zero-order chi connectivity index (χ0) is 21.9. The van der Waals surface area contributed by atoms with E-state index < -0.39 is 0 Å². The Kier molecular flexibility index (Phi) is 5.68. The predicted molar refractivity (Wildman–Crippen MR) is 128 cm³/mol. The second kappa shape index (κ2) is 8.92.